The molecular weight excluding hydrogens is 450 g/mol. The minimum atomic E-state index is -0.0490. The van der Waals surface area contributed by atoms with Crippen LogP contribution >= 0.6 is 31.9 Å². The Morgan fingerprint density at radius 1 is 0.960 bits per heavy atom. The van der Waals surface area contributed by atoms with Gasteiger partial charge in [-0.15, -0.1) is 0 Å². The molecule has 0 radical (unpaired) electrons. The van der Waals surface area contributed by atoms with Gasteiger partial charge in [-0.1, -0.05) is 42.1 Å². The Hall–Kier alpha value is -1.53. The van der Waals surface area contributed by atoms with Crippen LogP contribution in [0.15, 0.2) is 38.2 Å². The first-order valence-corrected chi connectivity index (χ1v) is 9.78. The minimum Gasteiger partial charge on any atom is -0.508 e. The van der Waals surface area contributed by atoms with Gasteiger partial charge in [0.1, 0.15) is 17.2 Å². The number of unbranched alkanes of at least 4 members (excludes halogenated alkanes) is 3. The van der Waals surface area contributed by atoms with E-state index in [1.807, 2.05) is 0 Å². The normalized spacial score (nSPS) is 11.3. The van der Waals surface area contributed by atoms with Crippen LogP contribution in [0.3, 0.4) is 0 Å². The molecule has 4 nitrogen and oxygen atoms in total. The van der Waals surface area contributed by atoms with E-state index < -0.39 is 0 Å². The number of rotatable bonds is 7. The van der Waals surface area contributed by atoms with Crippen molar-refractivity contribution in [2.45, 2.75) is 39.0 Å². The van der Waals surface area contributed by atoms with Crippen molar-refractivity contribution in [1.29, 1.82) is 0 Å². The van der Waals surface area contributed by atoms with Crippen LogP contribution in [0, 0.1) is 0 Å². The fourth-order valence-corrected chi connectivity index (χ4v) is 3.68. The minimum absolute atomic E-state index is 0.0255. The third kappa shape index (κ3) is 5.47. The second kappa shape index (κ2) is 9.25. The summed E-state index contributed by atoms with van der Waals surface area (Å²) in [6.07, 6.45) is 6.66. The Labute approximate surface area is 164 Å². The van der Waals surface area contributed by atoms with Crippen molar-refractivity contribution >= 4 is 43.8 Å². The van der Waals surface area contributed by atoms with E-state index in [2.05, 4.69) is 43.8 Å². The molecule has 0 amide bonds. The van der Waals surface area contributed by atoms with Crippen LogP contribution in [0.5, 0.6) is 17.2 Å². The standard InChI is InChI=1S/C19H21Br2NO3/c1-2-3-4-5-6-12-7-13(18(24)10-17(12)23)11-22-16-9-14(20)8-15(21)19(16)25/h7-11,23-25H,2-6H2,1H3. The molecule has 0 aliphatic heterocycles. The highest BCUT2D eigenvalue weighted by Crippen LogP contribution is 2.37. The van der Waals surface area contributed by atoms with Crippen LogP contribution in [0.25, 0.3) is 0 Å². The van der Waals surface area contributed by atoms with Crippen molar-refractivity contribution in [3.05, 3.63) is 44.3 Å². The van der Waals surface area contributed by atoms with Crippen LogP contribution in [-0.2, 0) is 6.42 Å². The average molecular weight is 471 g/mol. The number of phenolic OH excluding ortho intramolecular Hbond substituents is 3. The monoisotopic (exact) mass is 469 g/mol. The van der Waals surface area contributed by atoms with Crippen LogP contribution in [0.4, 0.5) is 5.69 Å². The third-order valence-electron chi connectivity index (χ3n) is 3.88. The number of hydrogen-bond donors (Lipinski definition) is 3. The summed E-state index contributed by atoms with van der Waals surface area (Å²) in [6.45, 7) is 2.16. The Morgan fingerprint density at radius 3 is 2.44 bits per heavy atom. The smallest absolute Gasteiger partial charge is 0.155 e. The first kappa shape index (κ1) is 19.8. The molecule has 134 valence electrons. The molecule has 0 atom stereocenters. The summed E-state index contributed by atoms with van der Waals surface area (Å²) in [6, 6.07) is 6.48. The lowest BCUT2D eigenvalue weighted by atomic mass is 10.0. The predicted octanol–water partition coefficient (Wildman–Crippen LogP) is 6.20. The molecule has 3 N–H and O–H groups in total. The van der Waals surface area contributed by atoms with Crippen molar-refractivity contribution in [2.75, 3.05) is 0 Å². The number of aryl methyl sites for hydroxylation is 1. The van der Waals surface area contributed by atoms with E-state index in [0.717, 1.165) is 35.7 Å². The number of nitrogens with zero attached hydrogens (tertiary/aromatic N) is 1. The van der Waals surface area contributed by atoms with Gasteiger partial charge in [-0.25, -0.2) is 0 Å². The third-order valence-corrected chi connectivity index (χ3v) is 4.94. The van der Waals surface area contributed by atoms with Gasteiger partial charge in [-0.2, -0.15) is 0 Å². The second-order valence-electron chi connectivity index (χ2n) is 5.86. The van der Waals surface area contributed by atoms with Gasteiger partial charge in [-0.3, -0.25) is 4.99 Å². The lowest BCUT2D eigenvalue weighted by Crippen LogP contribution is -1.91. The largest absolute Gasteiger partial charge is 0.508 e. The maximum atomic E-state index is 10.1. The molecule has 2 rings (SSSR count). The molecule has 0 heterocycles. The lowest BCUT2D eigenvalue weighted by molar-refractivity contribution is 0.444. The van der Waals surface area contributed by atoms with E-state index in [9.17, 15) is 15.3 Å². The molecular formula is C19H21Br2NO3. The predicted molar refractivity (Wildman–Crippen MR) is 108 cm³/mol. The number of aromatic hydroxyl groups is 3. The zero-order chi connectivity index (χ0) is 18.4. The van der Waals surface area contributed by atoms with Gasteiger partial charge in [0.05, 0.1) is 4.47 Å². The van der Waals surface area contributed by atoms with Gasteiger partial charge in [0.25, 0.3) is 0 Å². The molecule has 0 aliphatic carbocycles. The molecule has 6 heteroatoms. The zero-order valence-electron chi connectivity index (χ0n) is 14.0. The van der Waals surface area contributed by atoms with Crippen molar-refractivity contribution in [1.82, 2.24) is 0 Å². The van der Waals surface area contributed by atoms with Gasteiger partial charge in [-0.05, 0) is 52.5 Å². The molecule has 0 unspecified atom stereocenters. The molecule has 0 spiro atoms. The summed E-state index contributed by atoms with van der Waals surface area (Å²) in [4.78, 5) is 4.26. The Morgan fingerprint density at radius 2 is 1.72 bits per heavy atom. The first-order valence-electron chi connectivity index (χ1n) is 8.19. The number of hydrogen-bond acceptors (Lipinski definition) is 4. The van der Waals surface area contributed by atoms with E-state index >= 15 is 0 Å². The van der Waals surface area contributed by atoms with E-state index in [1.54, 1.807) is 18.2 Å². The van der Waals surface area contributed by atoms with Gasteiger partial charge < -0.3 is 15.3 Å². The fraction of sp³-hybridized carbons (Fsp3) is 0.316. The van der Waals surface area contributed by atoms with Crippen molar-refractivity contribution in [2.24, 2.45) is 4.99 Å². The number of phenols is 3. The molecule has 0 aromatic heterocycles. The van der Waals surface area contributed by atoms with Gasteiger partial charge in [0, 0.05) is 22.3 Å². The van der Waals surface area contributed by atoms with E-state index in [4.69, 9.17) is 0 Å². The molecule has 25 heavy (non-hydrogen) atoms. The zero-order valence-corrected chi connectivity index (χ0v) is 17.1. The van der Waals surface area contributed by atoms with E-state index in [1.165, 1.54) is 18.7 Å². The summed E-state index contributed by atoms with van der Waals surface area (Å²) < 4.78 is 1.30. The second-order valence-corrected chi connectivity index (χ2v) is 7.63. The lowest BCUT2D eigenvalue weighted by Gasteiger charge is -2.08. The van der Waals surface area contributed by atoms with Crippen molar-refractivity contribution in [3.8, 4) is 17.2 Å². The van der Waals surface area contributed by atoms with Crippen LogP contribution in [0.1, 0.15) is 43.7 Å². The maximum Gasteiger partial charge on any atom is 0.155 e. The number of benzene rings is 2. The molecule has 0 aliphatic rings. The van der Waals surface area contributed by atoms with Gasteiger partial charge >= 0.3 is 0 Å². The summed E-state index contributed by atoms with van der Waals surface area (Å²) >= 11 is 6.62. The molecule has 2 aromatic carbocycles. The molecule has 0 bridgehead atoms. The van der Waals surface area contributed by atoms with E-state index in [0.29, 0.717) is 15.7 Å². The quantitative estimate of drug-likeness (QED) is 0.333. The van der Waals surface area contributed by atoms with Crippen LogP contribution in [0.2, 0.25) is 0 Å². The molecule has 2 aromatic rings. The highest BCUT2D eigenvalue weighted by atomic mass is 79.9. The van der Waals surface area contributed by atoms with Crippen molar-refractivity contribution in [3.63, 3.8) is 0 Å². The molecule has 0 fully saturated rings. The van der Waals surface area contributed by atoms with Gasteiger partial charge in [0.2, 0.25) is 0 Å². The Bertz CT molecular complexity index is 776. The highest BCUT2D eigenvalue weighted by molar-refractivity contribution is 9.11. The van der Waals surface area contributed by atoms with Gasteiger partial charge in [0.15, 0.2) is 5.75 Å². The molecule has 0 saturated carbocycles. The average Bonchev–Trinajstić information content (AvgIpc) is 2.56. The SMILES string of the molecule is CCCCCCc1cc(C=Nc2cc(Br)cc(Br)c2O)c(O)cc1O. The highest BCUT2D eigenvalue weighted by Gasteiger charge is 2.09. The summed E-state index contributed by atoms with van der Waals surface area (Å²) in [5.74, 6) is 0.0730. The van der Waals surface area contributed by atoms with Crippen LogP contribution < -0.4 is 0 Å². The Balaban J connectivity index is 2.24. The summed E-state index contributed by atoms with van der Waals surface area (Å²) in [5.41, 5.74) is 1.66. The fourth-order valence-electron chi connectivity index (χ4n) is 2.48. The Kier molecular flexibility index (Phi) is 7.32. The van der Waals surface area contributed by atoms with E-state index in [-0.39, 0.29) is 17.2 Å². The summed E-state index contributed by atoms with van der Waals surface area (Å²) in [5, 5.41) is 30.1. The maximum absolute atomic E-state index is 10.1. The molecule has 0 saturated heterocycles. The van der Waals surface area contributed by atoms with Crippen molar-refractivity contribution < 1.29 is 15.3 Å². The topological polar surface area (TPSA) is 73.1 Å². The first-order chi connectivity index (χ1) is 11.9. The number of aliphatic imine (C=N–C) groups is 1. The number of halogens is 2. The van der Waals surface area contributed by atoms with Crippen LogP contribution in [-0.4, -0.2) is 21.5 Å². The summed E-state index contributed by atoms with van der Waals surface area (Å²) in [7, 11) is 0.